The molecule has 1 aliphatic heterocycles. The van der Waals surface area contributed by atoms with Crippen molar-refractivity contribution < 1.29 is 9.90 Å². The normalized spacial score (nSPS) is 19.6. The summed E-state index contributed by atoms with van der Waals surface area (Å²) in [5.41, 5.74) is 0.882. The van der Waals surface area contributed by atoms with E-state index in [4.69, 9.17) is 28.3 Å². The standard InChI is InChI=1S/C12H13Cl2NO2.ClH/c13-9-3-4-10(14)8(6-9)7-15-5-1-2-11(15)12(16)17;/h3-4,6,11H,1-2,5,7H2,(H,16,17);1H. The summed E-state index contributed by atoms with van der Waals surface area (Å²) in [6.45, 7) is 1.33. The highest BCUT2D eigenvalue weighted by atomic mass is 35.5. The van der Waals surface area contributed by atoms with Crippen molar-refractivity contribution in [3.8, 4) is 0 Å². The second-order valence-electron chi connectivity index (χ2n) is 4.20. The van der Waals surface area contributed by atoms with E-state index in [2.05, 4.69) is 0 Å². The molecule has 100 valence electrons. The molecule has 1 N–H and O–H groups in total. The van der Waals surface area contributed by atoms with Crippen LogP contribution >= 0.6 is 35.6 Å². The Bertz CT molecular complexity index is 439. The lowest BCUT2D eigenvalue weighted by Crippen LogP contribution is -2.35. The number of carboxylic acid groups (broad SMARTS) is 1. The number of aliphatic carboxylic acids is 1. The Kier molecular flexibility index (Phi) is 5.73. The van der Waals surface area contributed by atoms with E-state index in [1.807, 2.05) is 4.90 Å². The van der Waals surface area contributed by atoms with E-state index in [9.17, 15) is 4.79 Å². The lowest BCUT2D eigenvalue weighted by Gasteiger charge is -2.21. The Morgan fingerprint density at radius 2 is 2.17 bits per heavy atom. The average Bonchev–Trinajstić information content (AvgIpc) is 2.71. The van der Waals surface area contributed by atoms with Crippen LogP contribution in [0.2, 0.25) is 10.0 Å². The van der Waals surface area contributed by atoms with Gasteiger partial charge in [0.1, 0.15) is 6.04 Å². The minimum Gasteiger partial charge on any atom is -0.480 e. The first kappa shape index (κ1) is 15.6. The number of likely N-dealkylation sites (tertiary alicyclic amines) is 1. The maximum absolute atomic E-state index is 11.1. The van der Waals surface area contributed by atoms with Crippen molar-refractivity contribution in [3.05, 3.63) is 33.8 Å². The number of benzene rings is 1. The molecular weight excluding hydrogens is 296 g/mol. The van der Waals surface area contributed by atoms with Crippen LogP contribution in [0.4, 0.5) is 0 Å². The van der Waals surface area contributed by atoms with Crippen LogP contribution in [0.25, 0.3) is 0 Å². The van der Waals surface area contributed by atoms with Gasteiger partial charge < -0.3 is 5.11 Å². The molecule has 0 aromatic heterocycles. The summed E-state index contributed by atoms with van der Waals surface area (Å²) in [5.74, 6) is -0.763. The first-order valence-electron chi connectivity index (χ1n) is 5.48. The summed E-state index contributed by atoms with van der Waals surface area (Å²) in [6.07, 6.45) is 1.61. The first-order chi connectivity index (χ1) is 8.08. The van der Waals surface area contributed by atoms with Crippen LogP contribution in [-0.4, -0.2) is 28.6 Å². The molecule has 0 spiro atoms. The van der Waals surface area contributed by atoms with E-state index in [-0.39, 0.29) is 12.4 Å². The van der Waals surface area contributed by atoms with E-state index < -0.39 is 12.0 Å². The number of hydrogen-bond acceptors (Lipinski definition) is 2. The molecule has 0 radical (unpaired) electrons. The van der Waals surface area contributed by atoms with E-state index in [0.717, 1.165) is 18.5 Å². The molecule has 0 amide bonds. The van der Waals surface area contributed by atoms with Gasteiger partial charge in [0.25, 0.3) is 0 Å². The maximum atomic E-state index is 11.1. The van der Waals surface area contributed by atoms with Gasteiger partial charge in [0.2, 0.25) is 0 Å². The summed E-state index contributed by atoms with van der Waals surface area (Å²) >= 11 is 12.0. The van der Waals surface area contributed by atoms with Gasteiger partial charge >= 0.3 is 5.97 Å². The van der Waals surface area contributed by atoms with Gasteiger partial charge in [-0.15, -0.1) is 12.4 Å². The topological polar surface area (TPSA) is 40.5 Å². The first-order valence-corrected chi connectivity index (χ1v) is 6.24. The molecule has 1 fully saturated rings. The average molecular weight is 311 g/mol. The number of carboxylic acids is 1. The van der Waals surface area contributed by atoms with Crippen LogP contribution in [0.1, 0.15) is 18.4 Å². The third-order valence-corrected chi connectivity index (χ3v) is 3.63. The summed E-state index contributed by atoms with van der Waals surface area (Å²) in [7, 11) is 0. The van der Waals surface area contributed by atoms with Crippen LogP contribution in [0.3, 0.4) is 0 Å². The van der Waals surface area contributed by atoms with Crippen molar-refractivity contribution in [1.29, 1.82) is 0 Å². The van der Waals surface area contributed by atoms with Crippen LogP contribution in [-0.2, 0) is 11.3 Å². The molecule has 3 nitrogen and oxygen atoms in total. The van der Waals surface area contributed by atoms with Gasteiger partial charge in [-0.2, -0.15) is 0 Å². The Hall–Kier alpha value is -0.480. The van der Waals surface area contributed by atoms with Gasteiger partial charge in [0.05, 0.1) is 0 Å². The number of halogens is 3. The number of nitrogens with zero attached hydrogens (tertiary/aromatic N) is 1. The predicted octanol–water partition coefficient (Wildman–Crippen LogP) is 3.46. The molecule has 1 aromatic carbocycles. The molecule has 1 unspecified atom stereocenters. The van der Waals surface area contributed by atoms with Crippen LogP contribution in [0.5, 0.6) is 0 Å². The second-order valence-corrected chi connectivity index (χ2v) is 5.05. The quantitative estimate of drug-likeness (QED) is 0.929. The fourth-order valence-electron chi connectivity index (χ4n) is 2.18. The number of rotatable bonds is 3. The Balaban J connectivity index is 0.00000162. The van der Waals surface area contributed by atoms with Crippen molar-refractivity contribution in [2.45, 2.75) is 25.4 Å². The molecule has 2 rings (SSSR count). The lowest BCUT2D eigenvalue weighted by molar-refractivity contribution is -0.142. The smallest absolute Gasteiger partial charge is 0.320 e. The zero-order chi connectivity index (χ0) is 12.4. The monoisotopic (exact) mass is 309 g/mol. The van der Waals surface area contributed by atoms with Gasteiger partial charge in [-0.3, -0.25) is 9.69 Å². The molecular formula is C12H14Cl3NO2. The molecule has 0 aliphatic carbocycles. The van der Waals surface area contributed by atoms with Crippen molar-refractivity contribution in [3.63, 3.8) is 0 Å². The molecule has 1 saturated heterocycles. The highest BCUT2D eigenvalue weighted by molar-refractivity contribution is 6.33. The number of hydrogen-bond donors (Lipinski definition) is 1. The van der Waals surface area contributed by atoms with Gasteiger partial charge in [-0.05, 0) is 43.1 Å². The van der Waals surface area contributed by atoms with E-state index >= 15 is 0 Å². The maximum Gasteiger partial charge on any atom is 0.320 e. The summed E-state index contributed by atoms with van der Waals surface area (Å²) < 4.78 is 0. The Morgan fingerprint density at radius 1 is 1.44 bits per heavy atom. The van der Waals surface area contributed by atoms with E-state index in [0.29, 0.717) is 23.0 Å². The summed E-state index contributed by atoms with van der Waals surface area (Å²) in [4.78, 5) is 13.0. The summed E-state index contributed by atoms with van der Waals surface area (Å²) in [5, 5.41) is 10.3. The molecule has 18 heavy (non-hydrogen) atoms. The molecule has 6 heteroatoms. The predicted molar refractivity (Wildman–Crippen MR) is 74.8 cm³/mol. The van der Waals surface area contributed by atoms with Crippen LogP contribution < -0.4 is 0 Å². The Labute approximate surface area is 122 Å². The van der Waals surface area contributed by atoms with Crippen molar-refractivity contribution >= 4 is 41.6 Å². The minimum atomic E-state index is -0.763. The molecule has 0 saturated carbocycles. The Morgan fingerprint density at radius 3 is 2.83 bits per heavy atom. The number of carbonyl (C=O) groups is 1. The lowest BCUT2D eigenvalue weighted by atomic mass is 10.2. The van der Waals surface area contributed by atoms with Gasteiger partial charge in [-0.25, -0.2) is 0 Å². The third-order valence-electron chi connectivity index (χ3n) is 3.03. The zero-order valence-corrected chi connectivity index (χ0v) is 11.9. The SMILES string of the molecule is Cl.O=C(O)C1CCCN1Cc1cc(Cl)ccc1Cl. The van der Waals surface area contributed by atoms with E-state index in [1.165, 1.54) is 0 Å². The highest BCUT2D eigenvalue weighted by Crippen LogP contribution is 2.26. The van der Waals surface area contributed by atoms with Gasteiger partial charge in [0.15, 0.2) is 0 Å². The largest absolute Gasteiger partial charge is 0.480 e. The molecule has 1 atom stereocenters. The van der Waals surface area contributed by atoms with Gasteiger partial charge in [0, 0.05) is 16.6 Å². The third kappa shape index (κ3) is 3.51. The highest BCUT2D eigenvalue weighted by Gasteiger charge is 2.30. The van der Waals surface area contributed by atoms with Crippen molar-refractivity contribution in [2.24, 2.45) is 0 Å². The van der Waals surface area contributed by atoms with Crippen LogP contribution in [0, 0.1) is 0 Å². The fourth-order valence-corrected chi connectivity index (χ4v) is 2.55. The summed E-state index contributed by atoms with van der Waals surface area (Å²) in [6, 6.07) is 4.86. The molecule has 1 aliphatic rings. The molecule has 1 heterocycles. The molecule has 1 aromatic rings. The van der Waals surface area contributed by atoms with Crippen molar-refractivity contribution in [1.82, 2.24) is 4.90 Å². The minimum absolute atomic E-state index is 0. The molecule has 0 bridgehead atoms. The zero-order valence-electron chi connectivity index (χ0n) is 9.60. The van der Waals surface area contributed by atoms with Crippen molar-refractivity contribution in [2.75, 3.05) is 6.54 Å². The second kappa shape index (κ2) is 6.62. The van der Waals surface area contributed by atoms with Crippen LogP contribution in [0.15, 0.2) is 18.2 Å². The fraction of sp³-hybridized carbons (Fsp3) is 0.417. The van der Waals surface area contributed by atoms with Gasteiger partial charge in [-0.1, -0.05) is 23.2 Å². The van der Waals surface area contributed by atoms with E-state index in [1.54, 1.807) is 18.2 Å².